The maximum atomic E-state index is 11.5. The number of benzene rings is 1. The minimum absolute atomic E-state index is 0.173. The molecule has 0 atom stereocenters. The molecule has 1 N–H and O–H groups in total. The first-order chi connectivity index (χ1) is 6.33. The zero-order valence-electron chi connectivity index (χ0n) is 6.82. The van der Waals surface area contributed by atoms with Gasteiger partial charge >= 0.3 is 5.71 Å². The zero-order valence-corrected chi connectivity index (χ0v) is 6.82. The Bertz CT molecular complexity index is 454. The summed E-state index contributed by atoms with van der Waals surface area (Å²) in [6, 6.07) is 7.29. The maximum Gasteiger partial charge on any atom is 0.412 e. The molecule has 0 spiro atoms. The van der Waals surface area contributed by atoms with E-state index in [4.69, 9.17) is 5.53 Å². The van der Waals surface area contributed by atoms with Gasteiger partial charge in [0.25, 0.3) is 5.78 Å². The Balaban J connectivity index is 2.68. The van der Waals surface area contributed by atoms with Crippen LogP contribution in [0.4, 0.5) is 0 Å². The van der Waals surface area contributed by atoms with E-state index < -0.39 is 0 Å². The molecule has 0 aliphatic heterocycles. The van der Waals surface area contributed by atoms with Crippen LogP contribution < -0.4 is 0 Å². The van der Waals surface area contributed by atoms with Crippen LogP contribution in [0, 0.1) is 5.53 Å². The third kappa shape index (κ3) is 1.11. The van der Waals surface area contributed by atoms with Crippen LogP contribution in [0.2, 0.25) is 0 Å². The van der Waals surface area contributed by atoms with E-state index in [1.54, 1.807) is 24.3 Å². The summed E-state index contributed by atoms with van der Waals surface area (Å²) in [5, 5.41) is 0. The molecular weight excluding hydrogens is 164 g/mol. The molecule has 0 aromatic heterocycles. The van der Waals surface area contributed by atoms with Crippen molar-refractivity contribution in [2.45, 2.75) is 0 Å². The van der Waals surface area contributed by atoms with Gasteiger partial charge in [0.2, 0.25) is 0 Å². The summed E-state index contributed by atoms with van der Waals surface area (Å²) in [5.74, 6) is -0.173. The first-order valence-corrected chi connectivity index (χ1v) is 3.89. The van der Waals surface area contributed by atoms with E-state index in [9.17, 15) is 4.79 Å². The van der Waals surface area contributed by atoms with Gasteiger partial charge in [-0.2, -0.15) is 0 Å². The number of Topliss-reactive ketones (excluding diaryl/α,β-unsaturated/α-hetero) is 1. The van der Waals surface area contributed by atoms with Gasteiger partial charge in [-0.1, -0.05) is 24.3 Å². The van der Waals surface area contributed by atoms with Gasteiger partial charge in [0.1, 0.15) is 0 Å². The highest BCUT2D eigenvalue weighted by Gasteiger charge is 2.26. The van der Waals surface area contributed by atoms with E-state index in [0.717, 1.165) is 5.56 Å². The second-order valence-corrected chi connectivity index (χ2v) is 2.75. The normalized spacial score (nSPS) is 13.8. The number of hydrogen-bond acceptors (Lipinski definition) is 2. The summed E-state index contributed by atoms with van der Waals surface area (Å²) in [6.45, 7) is 0. The van der Waals surface area contributed by atoms with Crippen molar-refractivity contribution in [3.05, 3.63) is 41.5 Å². The van der Waals surface area contributed by atoms with E-state index in [1.807, 2.05) is 12.1 Å². The third-order valence-electron chi connectivity index (χ3n) is 1.98. The van der Waals surface area contributed by atoms with Crippen molar-refractivity contribution in [2.75, 3.05) is 0 Å². The smallest absolute Gasteiger partial charge is 0.280 e. The van der Waals surface area contributed by atoms with Crippen molar-refractivity contribution in [3.63, 3.8) is 0 Å². The second kappa shape index (κ2) is 2.81. The number of carbonyl (C=O) groups is 1. The Labute approximate surface area is 74.9 Å². The van der Waals surface area contributed by atoms with Crippen molar-refractivity contribution in [1.82, 2.24) is 0 Å². The van der Waals surface area contributed by atoms with E-state index in [0.29, 0.717) is 5.56 Å². The SMILES string of the molecule is N=[N+]=C1C=Cc2ccccc2C1=O. The molecule has 0 fully saturated rings. The van der Waals surface area contributed by atoms with Crippen LogP contribution in [0.5, 0.6) is 0 Å². The van der Waals surface area contributed by atoms with Gasteiger partial charge in [-0.15, -0.1) is 0 Å². The average Bonchev–Trinajstić information content (AvgIpc) is 2.19. The van der Waals surface area contributed by atoms with Crippen LogP contribution in [-0.4, -0.2) is 16.3 Å². The Morgan fingerprint density at radius 3 is 2.69 bits per heavy atom. The lowest BCUT2D eigenvalue weighted by atomic mass is 9.95. The zero-order chi connectivity index (χ0) is 9.26. The van der Waals surface area contributed by atoms with Crippen LogP contribution >= 0.6 is 0 Å². The lowest BCUT2D eigenvalue weighted by molar-refractivity contribution is -0.117. The molecule has 3 nitrogen and oxygen atoms in total. The lowest BCUT2D eigenvalue weighted by Crippen LogP contribution is -2.17. The predicted molar refractivity (Wildman–Crippen MR) is 47.8 cm³/mol. The minimum Gasteiger partial charge on any atom is -0.280 e. The number of allylic oxidation sites excluding steroid dienone is 1. The molecule has 0 bridgehead atoms. The van der Waals surface area contributed by atoms with E-state index in [1.165, 1.54) is 0 Å². The standard InChI is InChI=1S/C10H7N2O/c11-12-9-6-5-7-3-1-2-4-8(7)10(9)13/h1-6,11H/q+1. The van der Waals surface area contributed by atoms with E-state index in [2.05, 4.69) is 4.79 Å². The molecule has 13 heavy (non-hydrogen) atoms. The number of nitrogens with one attached hydrogen (secondary N) is 1. The summed E-state index contributed by atoms with van der Waals surface area (Å²) in [4.78, 5) is 14.7. The molecule has 0 amide bonds. The van der Waals surface area contributed by atoms with Gasteiger partial charge in [-0.05, 0) is 11.6 Å². The Morgan fingerprint density at radius 1 is 1.15 bits per heavy atom. The molecule has 0 unspecified atom stereocenters. The van der Waals surface area contributed by atoms with Gasteiger partial charge in [0, 0.05) is 11.6 Å². The van der Waals surface area contributed by atoms with E-state index >= 15 is 0 Å². The highest BCUT2D eigenvalue weighted by atomic mass is 16.1. The largest absolute Gasteiger partial charge is 0.412 e. The second-order valence-electron chi connectivity index (χ2n) is 2.75. The fourth-order valence-corrected chi connectivity index (χ4v) is 1.32. The maximum absolute atomic E-state index is 11.5. The molecule has 3 heteroatoms. The lowest BCUT2D eigenvalue weighted by Gasteiger charge is -2.03. The topological polar surface area (TPSA) is 55.0 Å². The van der Waals surface area contributed by atoms with Crippen LogP contribution in [0.1, 0.15) is 15.9 Å². The van der Waals surface area contributed by atoms with Crippen LogP contribution in [-0.2, 0) is 0 Å². The number of rotatable bonds is 0. The van der Waals surface area contributed by atoms with Gasteiger partial charge in [-0.3, -0.25) is 4.79 Å². The first kappa shape index (κ1) is 7.65. The molecular formula is C10H7N2O+. The summed E-state index contributed by atoms with van der Waals surface area (Å²) in [7, 11) is 0. The summed E-state index contributed by atoms with van der Waals surface area (Å²) >= 11 is 0. The first-order valence-electron chi connectivity index (χ1n) is 3.89. The molecule has 62 valence electrons. The van der Waals surface area contributed by atoms with Crippen LogP contribution in [0.3, 0.4) is 0 Å². The fraction of sp³-hybridized carbons (Fsp3) is 0. The number of ketones is 1. The molecule has 0 radical (unpaired) electrons. The van der Waals surface area contributed by atoms with Crippen molar-refractivity contribution in [3.8, 4) is 0 Å². The summed E-state index contributed by atoms with van der Waals surface area (Å²) in [5.41, 5.74) is 8.49. The Hall–Kier alpha value is -1.99. The predicted octanol–water partition coefficient (Wildman–Crippen LogP) is 1.58. The monoisotopic (exact) mass is 171 g/mol. The molecule has 0 saturated carbocycles. The number of fused-ring (bicyclic) bond motifs is 1. The summed E-state index contributed by atoms with van der Waals surface area (Å²) in [6.07, 6.45) is 3.36. The van der Waals surface area contributed by atoms with Crippen molar-refractivity contribution < 1.29 is 9.58 Å². The average molecular weight is 171 g/mol. The van der Waals surface area contributed by atoms with Crippen molar-refractivity contribution in [1.29, 1.82) is 5.53 Å². The van der Waals surface area contributed by atoms with E-state index in [-0.39, 0.29) is 11.5 Å². The van der Waals surface area contributed by atoms with Gasteiger partial charge in [-0.25, -0.2) is 0 Å². The molecule has 1 aliphatic carbocycles. The number of nitrogens with zero attached hydrogens (tertiary/aromatic N) is 1. The van der Waals surface area contributed by atoms with Gasteiger partial charge in [0.05, 0.1) is 10.3 Å². The molecule has 1 aliphatic rings. The van der Waals surface area contributed by atoms with Gasteiger partial charge in [0.15, 0.2) is 0 Å². The van der Waals surface area contributed by atoms with Crippen molar-refractivity contribution >= 4 is 17.6 Å². The highest BCUT2D eigenvalue weighted by molar-refractivity contribution is 6.50. The van der Waals surface area contributed by atoms with Crippen LogP contribution in [0.25, 0.3) is 6.08 Å². The Kier molecular flexibility index (Phi) is 1.65. The molecule has 2 rings (SSSR count). The molecule has 1 aromatic rings. The van der Waals surface area contributed by atoms with Crippen LogP contribution in [0.15, 0.2) is 30.3 Å². The molecule has 1 aromatic carbocycles. The quantitative estimate of drug-likeness (QED) is 0.467. The Morgan fingerprint density at radius 2 is 1.92 bits per heavy atom. The molecule has 0 heterocycles. The fourth-order valence-electron chi connectivity index (χ4n) is 1.32. The summed E-state index contributed by atoms with van der Waals surface area (Å²) < 4.78 is 0. The third-order valence-corrected chi connectivity index (χ3v) is 1.98. The molecule has 0 saturated heterocycles. The number of hydrogen-bond donors (Lipinski definition) is 1. The minimum atomic E-state index is -0.173. The number of carbonyl (C=O) groups excluding carboxylic acids is 1. The highest BCUT2D eigenvalue weighted by Crippen LogP contribution is 2.16. The van der Waals surface area contributed by atoms with Gasteiger partial charge < -0.3 is 0 Å². The van der Waals surface area contributed by atoms with Crippen molar-refractivity contribution in [2.24, 2.45) is 0 Å².